The van der Waals surface area contributed by atoms with Gasteiger partial charge in [-0.2, -0.15) is 0 Å². The number of nitrogens with two attached hydrogens (primary N) is 1. The molecule has 4 N–H and O–H groups in total. The molecule has 1 aromatic rings. The number of amides is 2. The lowest BCUT2D eigenvalue weighted by molar-refractivity contribution is -0.165. The van der Waals surface area contributed by atoms with Gasteiger partial charge in [-0.05, 0) is 26.3 Å². The minimum Gasteiger partial charge on any atom is -0.477 e. The number of fused-ring (bicyclic) bond motifs is 1. The highest BCUT2D eigenvalue weighted by Crippen LogP contribution is 2.40. The number of carbonyl (C=O) groups excluding carboxylic acids is 3. The van der Waals surface area contributed by atoms with Crippen LogP contribution in [0.3, 0.4) is 0 Å². The van der Waals surface area contributed by atoms with Crippen LogP contribution in [0, 0.1) is 5.41 Å². The predicted molar refractivity (Wildman–Crippen MR) is 124 cm³/mol. The molecule has 0 saturated carbocycles. The molecule has 1 saturated heterocycles. The van der Waals surface area contributed by atoms with E-state index in [1.54, 1.807) is 20.8 Å². The molecule has 1 unspecified atom stereocenters. The Kier molecular flexibility index (Phi) is 7.31. The van der Waals surface area contributed by atoms with Gasteiger partial charge in [0.05, 0.1) is 5.41 Å². The van der Waals surface area contributed by atoms with Crippen LogP contribution in [0.4, 0.5) is 5.13 Å². The number of anilines is 1. The molecule has 12 nitrogen and oxygen atoms in total. The molecule has 2 aliphatic rings. The third-order valence-electron chi connectivity index (χ3n) is 4.72. The third kappa shape index (κ3) is 5.07. The number of oxime groups is 1. The van der Waals surface area contributed by atoms with Crippen LogP contribution in [0.1, 0.15) is 26.5 Å². The van der Waals surface area contributed by atoms with Gasteiger partial charge in [-0.3, -0.25) is 19.3 Å². The number of ether oxygens (including phenoxy) is 1. The van der Waals surface area contributed by atoms with E-state index >= 15 is 0 Å². The standard InChI is InChI=1S/C20H23N5O7S2/c1-5-9-6-33-16-12(15(27)25(16)13(9)17(28)29)23-14(26)11(10-7-34-19(21)22-10)24-32-8-31-18(30)20(2,3)4/h5,7,12,16H,1,6,8H2,2-4H3,(H2,21,22)(H,23,26)(H,28,29)/b24-11-/t12-,16?/m1/s1. The zero-order chi connectivity index (χ0) is 25.2. The van der Waals surface area contributed by atoms with E-state index in [-0.39, 0.29) is 22.2 Å². The van der Waals surface area contributed by atoms with Crippen LogP contribution in [0.25, 0.3) is 0 Å². The molecule has 34 heavy (non-hydrogen) atoms. The Morgan fingerprint density at radius 1 is 1.44 bits per heavy atom. The molecule has 0 radical (unpaired) electrons. The second-order valence-corrected chi connectivity index (χ2v) is 10.2. The van der Waals surface area contributed by atoms with Crippen molar-refractivity contribution in [2.24, 2.45) is 10.6 Å². The highest BCUT2D eigenvalue weighted by atomic mass is 32.2. The first-order chi connectivity index (χ1) is 16.0. The lowest BCUT2D eigenvalue weighted by atomic mass is 9.98. The van der Waals surface area contributed by atoms with Crippen LogP contribution in [0.15, 0.2) is 34.5 Å². The van der Waals surface area contributed by atoms with Crippen molar-refractivity contribution in [1.82, 2.24) is 15.2 Å². The maximum absolute atomic E-state index is 13.0. The Hall–Kier alpha value is -3.39. The summed E-state index contributed by atoms with van der Waals surface area (Å²) < 4.78 is 4.96. The zero-order valence-corrected chi connectivity index (χ0v) is 20.2. The molecule has 1 fully saturated rings. The number of nitrogen functional groups attached to an aromatic ring is 1. The molecule has 2 atom stereocenters. The normalized spacial score (nSPS) is 20.3. The van der Waals surface area contributed by atoms with E-state index in [2.05, 4.69) is 22.0 Å². The number of thioether (sulfide) groups is 1. The maximum atomic E-state index is 13.0. The van der Waals surface area contributed by atoms with E-state index in [9.17, 15) is 24.3 Å². The maximum Gasteiger partial charge on any atom is 0.352 e. The number of esters is 1. The molecule has 0 aliphatic carbocycles. The minimum absolute atomic E-state index is 0.0992. The van der Waals surface area contributed by atoms with Gasteiger partial charge in [0.15, 0.2) is 10.8 Å². The number of carboxylic acids is 1. The number of β-lactam (4-membered cyclic amide) rings is 1. The molecule has 3 rings (SSSR count). The lowest BCUT2D eigenvalue weighted by Gasteiger charge is -2.49. The van der Waals surface area contributed by atoms with Crippen LogP contribution < -0.4 is 11.1 Å². The van der Waals surface area contributed by atoms with Crippen molar-refractivity contribution < 1.29 is 33.9 Å². The van der Waals surface area contributed by atoms with E-state index in [1.165, 1.54) is 23.2 Å². The summed E-state index contributed by atoms with van der Waals surface area (Å²) in [7, 11) is 0. The number of aromatic nitrogens is 1. The van der Waals surface area contributed by atoms with Crippen molar-refractivity contribution in [3.05, 3.63) is 35.0 Å². The monoisotopic (exact) mass is 509 g/mol. The summed E-state index contributed by atoms with van der Waals surface area (Å²) in [5, 5.41) is 16.8. The zero-order valence-electron chi connectivity index (χ0n) is 18.6. The molecular weight excluding hydrogens is 486 g/mol. The minimum atomic E-state index is -1.25. The highest BCUT2D eigenvalue weighted by molar-refractivity contribution is 8.00. The summed E-state index contributed by atoms with van der Waals surface area (Å²) >= 11 is 2.36. The average molecular weight is 510 g/mol. The second-order valence-electron chi connectivity index (χ2n) is 8.18. The van der Waals surface area contributed by atoms with Crippen molar-refractivity contribution >= 4 is 57.7 Å². The number of nitrogens with zero attached hydrogens (tertiary/aromatic N) is 3. The van der Waals surface area contributed by atoms with Gasteiger partial charge in [-0.25, -0.2) is 9.78 Å². The third-order valence-corrected chi connectivity index (χ3v) is 6.70. The van der Waals surface area contributed by atoms with E-state index < -0.39 is 47.4 Å². The summed E-state index contributed by atoms with van der Waals surface area (Å²) in [6, 6.07) is -0.988. The number of hydrogen-bond acceptors (Lipinski definition) is 11. The molecular formula is C20H23N5O7S2. The van der Waals surface area contributed by atoms with E-state index in [4.69, 9.17) is 15.3 Å². The van der Waals surface area contributed by atoms with E-state index in [0.29, 0.717) is 11.3 Å². The van der Waals surface area contributed by atoms with Gasteiger partial charge in [0.2, 0.25) is 0 Å². The fourth-order valence-electron chi connectivity index (χ4n) is 3.00. The topological polar surface area (TPSA) is 174 Å². The van der Waals surface area contributed by atoms with Gasteiger partial charge < -0.3 is 25.7 Å². The summed E-state index contributed by atoms with van der Waals surface area (Å²) in [5.41, 5.74) is 4.99. The predicted octanol–water partition coefficient (Wildman–Crippen LogP) is 0.917. The fraction of sp³-hybridized carbons (Fsp3) is 0.400. The highest BCUT2D eigenvalue weighted by Gasteiger charge is 2.54. The van der Waals surface area contributed by atoms with E-state index in [0.717, 1.165) is 16.2 Å². The molecule has 0 spiro atoms. The molecule has 2 aliphatic heterocycles. The van der Waals surface area contributed by atoms with Gasteiger partial charge in [-0.15, -0.1) is 23.1 Å². The summed E-state index contributed by atoms with van der Waals surface area (Å²) in [5.74, 6) is -2.84. The number of carboxylic acid groups (broad SMARTS) is 1. The first kappa shape index (κ1) is 25.2. The molecule has 14 heteroatoms. The second kappa shape index (κ2) is 9.85. The average Bonchev–Trinajstić information content (AvgIpc) is 3.20. The van der Waals surface area contributed by atoms with Crippen molar-refractivity contribution in [3.63, 3.8) is 0 Å². The van der Waals surface area contributed by atoms with Crippen molar-refractivity contribution in [2.45, 2.75) is 32.2 Å². The number of allylic oxidation sites excluding steroid dienone is 1. The number of carbonyl (C=O) groups is 4. The quantitative estimate of drug-likeness (QED) is 0.114. The molecule has 182 valence electrons. The molecule has 0 aromatic carbocycles. The Labute approximate surface area is 202 Å². The van der Waals surface area contributed by atoms with Crippen LogP contribution in [0.2, 0.25) is 0 Å². The SMILES string of the molecule is C=CC1=C(C(=O)O)N2C(=O)[C@@H](NC(=O)/C(=N\OCOC(=O)C(C)(C)C)c3csc(N)n3)C2SC1. The van der Waals surface area contributed by atoms with Crippen molar-refractivity contribution in [3.8, 4) is 0 Å². The largest absolute Gasteiger partial charge is 0.477 e. The molecule has 0 bridgehead atoms. The van der Waals surface area contributed by atoms with Gasteiger partial charge in [-0.1, -0.05) is 17.8 Å². The van der Waals surface area contributed by atoms with E-state index in [1.807, 2.05) is 0 Å². The Morgan fingerprint density at radius 3 is 2.71 bits per heavy atom. The van der Waals surface area contributed by atoms with Crippen molar-refractivity contribution in [1.29, 1.82) is 0 Å². The Morgan fingerprint density at radius 2 is 2.15 bits per heavy atom. The molecule has 3 heterocycles. The Balaban J connectivity index is 1.74. The summed E-state index contributed by atoms with van der Waals surface area (Å²) in [6.07, 6.45) is 1.40. The first-order valence-electron chi connectivity index (χ1n) is 9.88. The van der Waals surface area contributed by atoms with Gasteiger partial charge in [0.25, 0.3) is 18.6 Å². The first-order valence-corrected chi connectivity index (χ1v) is 11.8. The fourth-order valence-corrected chi connectivity index (χ4v) is 4.89. The number of hydrogen-bond donors (Lipinski definition) is 3. The van der Waals surface area contributed by atoms with Crippen LogP contribution in [-0.2, 0) is 28.8 Å². The van der Waals surface area contributed by atoms with Gasteiger partial charge in [0, 0.05) is 11.1 Å². The summed E-state index contributed by atoms with van der Waals surface area (Å²) in [4.78, 5) is 59.3. The summed E-state index contributed by atoms with van der Waals surface area (Å²) in [6.45, 7) is 8.05. The molecule has 1 aromatic heterocycles. The van der Waals surface area contributed by atoms with Crippen molar-refractivity contribution in [2.75, 3.05) is 18.3 Å². The smallest absolute Gasteiger partial charge is 0.352 e. The number of aliphatic carboxylic acids is 1. The Bertz CT molecular complexity index is 1110. The number of thiazole rings is 1. The van der Waals surface area contributed by atoms with Gasteiger partial charge in [0.1, 0.15) is 22.8 Å². The molecule has 2 amide bonds. The van der Waals surface area contributed by atoms with Crippen LogP contribution >= 0.6 is 23.1 Å². The number of rotatable bonds is 8. The van der Waals surface area contributed by atoms with Crippen LogP contribution in [0.5, 0.6) is 0 Å². The van der Waals surface area contributed by atoms with Gasteiger partial charge >= 0.3 is 11.9 Å². The number of nitrogens with one attached hydrogen (secondary N) is 1. The lowest BCUT2D eigenvalue weighted by Crippen LogP contribution is -2.71. The van der Waals surface area contributed by atoms with Crippen LogP contribution in [-0.4, -0.2) is 68.4 Å².